The van der Waals surface area contributed by atoms with Crippen LogP contribution in [0.1, 0.15) is 79.6 Å². The van der Waals surface area contributed by atoms with Gasteiger partial charge < -0.3 is 20.1 Å². The van der Waals surface area contributed by atoms with Crippen molar-refractivity contribution in [2.24, 2.45) is 11.3 Å². The molecule has 2 aliphatic rings. The number of anilines is 2. The average Bonchev–Trinajstić information content (AvgIpc) is 2.77. The van der Waals surface area contributed by atoms with Gasteiger partial charge in [0, 0.05) is 34.1 Å². The van der Waals surface area contributed by atoms with Gasteiger partial charge in [0.15, 0.2) is 0 Å². The number of fused-ring (bicyclic) bond motifs is 1. The molecule has 0 spiro atoms. The van der Waals surface area contributed by atoms with E-state index >= 15 is 0 Å². The summed E-state index contributed by atoms with van der Waals surface area (Å²) in [5.74, 6) is 0.688. The first kappa shape index (κ1) is 27.4. The molecular weight excluding hydrogens is 514 g/mol. The number of ether oxygens (including phenoxy) is 2. The Balaban J connectivity index is 1.57. The zero-order valence-corrected chi connectivity index (χ0v) is 24.4. The molecule has 1 heterocycles. The molecule has 2 N–H and O–H groups in total. The van der Waals surface area contributed by atoms with Crippen LogP contribution in [0.3, 0.4) is 0 Å². The SMILES string of the molecule is CCOCC(Nc1cnc2cc(Br)ccc2c1NCC(C)(CC)COC(C)(C)C1CCC1)=C1CCC1. The summed E-state index contributed by atoms with van der Waals surface area (Å²) in [6.45, 7) is 14.1. The van der Waals surface area contributed by atoms with Crippen LogP contribution in [0.25, 0.3) is 10.9 Å². The van der Waals surface area contributed by atoms with Crippen molar-refractivity contribution in [2.75, 3.05) is 37.0 Å². The molecule has 0 amide bonds. The minimum atomic E-state index is -0.0554. The van der Waals surface area contributed by atoms with Crippen molar-refractivity contribution in [1.29, 1.82) is 0 Å². The molecule has 0 aliphatic heterocycles. The maximum absolute atomic E-state index is 6.58. The van der Waals surface area contributed by atoms with E-state index in [4.69, 9.17) is 14.5 Å². The fourth-order valence-corrected chi connectivity index (χ4v) is 5.21. The van der Waals surface area contributed by atoms with Crippen molar-refractivity contribution in [3.8, 4) is 0 Å². The Morgan fingerprint density at radius 3 is 2.53 bits per heavy atom. The number of benzene rings is 1. The largest absolute Gasteiger partial charge is 0.382 e. The van der Waals surface area contributed by atoms with Gasteiger partial charge in [0.25, 0.3) is 0 Å². The Kier molecular flexibility index (Phi) is 9.00. The Morgan fingerprint density at radius 2 is 1.92 bits per heavy atom. The van der Waals surface area contributed by atoms with E-state index in [0.717, 1.165) is 59.2 Å². The molecule has 4 rings (SSSR count). The topological polar surface area (TPSA) is 55.4 Å². The molecule has 0 radical (unpaired) electrons. The van der Waals surface area contributed by atoms with Crippen LogP contribution in [0.15, 0.2) is 40.1 Å². The van der Waals surface area contributed by atoms with Crippen molar-refractivity contribution >= 4 is 38.2 Å². The number of halogens is 1. The fraction of sp³-hybridized carbons (Fsp3) is 0.633. The second-order valence-electron chi connectivity index (χ2n) is 11.4. The predicted octanol–water partition coefficient (Wildman–Crippen LogP) is 8.31. The lowest BCUT2D eigenvalue weighted by atomic mass is 9.74. The number of aromatic nitrogens is 1. The van der Waals surface area contributed by atoms with E-state index in [0.29, 0.717) is 19.1 Å². The van der Waals surface area contributed by atoms with Gasteiger partial charge in [-0.1, -0.05) is 36.2 Å². The van der Waals surface area contributed by atoms with Crippen molar-refractivity contribution < 1.29 is 9.47 Å². The van der Waals surface area contributed by atoms with E-state index in [9.17, 15) is 0 Å². The molecule has 36 heavy (non-hydrogen) atoms. The summed E-state index contributed by atoms with van der Waals surface area (Å²) in [6, 6.07) is 6.32. The highest BCUT2D eigenvalue weighted by Crippen LogP contribution is 2.40. The second kappa shape index (κ2) is 11.8. The maximum atomic E-state index is 6.58. The molecule has 0 saturated heterocycles. The summed E-state index contributed by atoms with van der Waals surface area (Å²) in [6.07, 6.45) is 10.5. The molecule has 2 saturated carbocycles. The molecule has 1 unspecified atom stereocenters. The molecule has 6 heteroatoms. The zero-order valence-electron chi connectivity index (χ0n) is 22.8. The highest BCUT2D eigenvalue weighted by molar-refractivity contribution is 9.10. The lowest BCUT2D eigenvalue weighted by molar-refractivity contribution is -0.109. The number of nitrogens with zero attached hydrogens (tertiary/aromatic N) is 1. The molecule has 1 aromatic carbocycles. The number of allylic oxidation sites excluding steroid dienone is 1. The van der Waals surface area contributed by atoms with Crippen LogP contribution < -0.4 is 10.6 Å². The van der Waals surface area contributed by atoms with Gasteiger partial charge in [-0.2, -0.15) is 0 Å². The number of hydrogen-bond acceptors (Lipinski definition) is 5. The molecule has 1 aromatic heterocycles. The zero-order chi connectivity index (χ0) is 25.8. The van der Waals surface area contributed by atoms with Gasteiger partial charge >= 0.3 is 0 Å². The van der Waals surface area contributed by atoms with Crippen LogP contribution in [-0.2, 0) is 9.47 Å². The van der Waals surface area contributed by atoms with E-state index in [1.807, 2.05) is 13.1 Å². The molecule has 198 valence electrons. The summed E-state index contributed by atoms with van der Waals surface area (Å²) in [5, 5.41) is 8.67. The van der Waals surface area contributed by atoms with Crippen molar-refractivity contribution in [3.05, 3.63) is 40.1 Å². The minimum Gasteiger partial charge on any atom is -0.382 e. The Morgan fingerprint density at radius 1 is 1.14 bits per heavy atom. The van der Waals surface area contributed by atoms with E-state index < -0.39 is 0 Å². The van der Waals surface area contributed by atoms with Crippen LogP contribution in [-0.4, -0.2) is 37.0 Å². The lowest BCUT2D eigenvalue weighted by Crippen LogP contribution is -2.42. The average molecular weight is 559 g/mol. The number of pyridine rings is 1. The van der Waals surface area contributed by atoms with Crippen molar-refractivity contribution in [2.45, 2.75) is 85.2 Å². The molecule has 2 aliphatic carbocycles. The van der Waals surface area contributed by atoms with E-state index in [-0.39, 0.29) is 11.0 Å². The molecule has 5 nitrogen and oxygen atoms in total. The number of hydrogen-bond donors (Lipinski definition) is 2. The van der Waals surface area contributed by atoms with Crippen LogP contribution in [0, 0.1) is 11.3 Å². The summed E-state index contributed by atoms with van der Waals surface area (Å²) in [5.41, 5.74) is 5.70. The van der Waals surface area contributed by atoms with Crippen molar-refractivity contribution in [1.82, 2.24) is 4.98 Å². The molecule has 2 aromatic rings. The third kappa shape index (κ3) is 6.43. The molecule has 1 atom stereocenters. The highest BCUT2D eigenvalue weighted by atomic mass is 79.9. The van der Waals surface area contributed by atoms with Gasteiger partial charge in [-0.25, -0.2) is 0 Å². The summed E-state index contributed by atoms with van der Waals surface area (Å²) < 4.78 is 13.4. The molecule has 0 bridgehead atoms. The summed E-state index contributed by atoms with van der Waals surface area (Å²) in [4.78, 5) is 4.79. The standard InChI is InChI=1S/C30H44BrN3O2/c1-6-30(5,20-36-29(3,4)22-12-9-13-22)19-33-28-24-15-14-23(31)16-25(24)32-17-26(28)34-27(18-35-7-2)21-10-8-11-21/h14-17,22,34H,6-13,18-20H2,1-5H3,(H,32,33). The second-order valence-corrected chi connectivity index (χ2v) is 12.4. The Labute approximate surface area is 225 Å². The normalized spacial score (nSPS) is 17.9. The highest BCUT2D eigenvalue weighted by Gasteiger charge is 2.36. The number of rotatable bonds is 13. The first-order valence-electron chi connectivity index (χ1n) is 13.8. The van der Waals surface area contributed by atoms with Crippen LogP contribution >= 0.6 is 15.9 Å². The van der Waals surface area contributed by atoms with Crippen molar-refractivity contribution in [3.63, 3.8) is 0 Å². The fourth-order valence-electron chi connectivity index (χ4n) is 4.86. The first-order chi connectivity index (χ1) is 17.2. The summed E-state index contributed by atoms with van der Waals surface area (Å²) >= 11 is 3.61. The third-order valence-electron chi connectivity index (χ3n) is 8.38. The van der Waals surface area contributed by atoms with Crippen LogP contribution in [0.5, 0.6) is 0 Å². The van der Waals surface area contributed by atoms with Gasteiger partial charge in [-0.15, -0.1) is 0 Å². The van der Waals surface area contributed by atoms with Crippen LogP contribution in [0.2, 0.25) is 0 Å². The van der Waals surface area contributed by atoms with E-state index in [1.165, 1.54) is 37.0 Å². The smallest absolute Gasteiger partial charge is 0.0865 e. The Hall–Kier alpha value is -1.63. The summed E-state index contributed by atoms with van der Waals surface area (Å²) in [7, 11) is 0. The van der Waals surface area contributed by atoms with E-state index in [1.54, 1.807) is 0 Å². The monoisotopic (exact) mass is 557 g/mol. The minimum absolute atomic E-state index is 0.0177. The van der Waals surface area contributed by atoms with E-state index in [2.05, 4.69) is 72.5 Å². The van der Waals surface area contributed by atoms with Gasteiger partial charge in [0.05, 0.1) is 41.9 Å². The Bertz CT molecular complexity index is 1070. The molecular formula is C30H44BrN3O2. The third-order valence-corrected chi connectivity index (χ3v) is 8.87. The number of nitrogens with one attached hydrogen (secondary N) is 2. The quantitative estimate of drug-likeness (QED) is 0.259. The maximum Gasteiger partial charge on any atom is 0.0865 e. The predicted molar refractivity (Wildman–Crippen MR) is 155 cm³/mol. The first-order valence-corrected chi connectivity index (χ1v) is 14.6. The van der Waals surface area contributed by atoms with Gasteiger partial charge in [-0.05, 0) is 89.0 Å². The van der Waals surface area contributed by atoms with Gasteiger partial charge in [0.1, 0.15) is 0 Å². The van der Waals surface area contributed by atoms with Gasteiger partial charge in [0.2, 0.25) is 0 Å². The lowest BCUT2D eigenvalue weighted by Gasteiger charge is -2.42. The van der Waals surface area contributed by atoms with Gasteiger partial charge in [-0.3, -0.25) is 4.98 Å². The molecule has 2 fully saturated rings. The van der Waals surface area contributed by atoms with Crippen LogP contribution in [0.4, 0.5) is 11.4 Å².